The number of carbonyl (C=O) groups excluding carboxylic acids is 1. The fraction of sp³-hybridized carbons (Fsp3) is 0.286. The zero-order valence-electron chi connectivity index (χ0n) is 17.6. The summed E-state index contributed by atoms with van der Waals surface area (Å²) in [5.74, 6) is -0.344. The maximum atomic E-state index is 13.4. The minimum Gasteiger partial charge on any atom is -0.298 e. The third-order valence-corrected chi connectivity index (χ3v) is 5.05. The molecule has 0 unspecified atom stereocenters. The fourth-order valence-electron chi connectivity index (χ4n) is 3.64. The number of benzene rings is 1. The van der Waals surface area contributed by atoms with Crippen LogP contribution < -0.4 is 11.2 Å². The van der Waals surface area contributed by atoms with Crippen LogP contribution in [0.4, 0.5) is 4.39 Å². The van der Waals surface area contributed by atoms with Crippen LogP contribution in [0.15, 0.2) is 39.9 Å². The van der Waals surface area contributed by atoms with Crippen molar-refractivity contribution in [1.82, 2.24) is 28.5 Å². The number of rotatable bonds is 5. The van der Waals surface area contributed by atoms with Crippen LogP contribution >= 0.6 is 0 Å². The molecule has 10 heteroatoms. The Morgan fingerprint density at radius 2 is 1.77 bits per heavy atom. The third kappa shape index (κ3) is 3.49. The molecule has 0 saturated heterocycles. The lowest BCUT2D eigenvalue weighted by Crippen LogP contribution is -2.41. The first-order valence-electron chi connectivity index (χ1n) is 9.65. The van der Waals surface area contributed by atoms with E-state index in [-0.39, 0.29) is 35.9 Å². The average Bonchev–Trinajstić information content (AvgIpc) is 3.24. The number of halogens is 1. The van der Waals surface area contributed by atoms with Gasteiger partial charge in [0.25, 0.3) is 5.56 Å². The molecule has 0 radical (unpaired) electrons. The molecule has 3 heterocycles. The number of Topliss-reactive ketones (excluding diaryl/α,β-unsaturated/α-hetero) is 1. The van der Waals surface area contributed by atoms with E-state index in [4.69, 9.17) is 0 Å². The highest BCUT2D eigenvalue weighted by molar-refractivity contribution is 5.76. The molecule has 0 aliphatic carbocycles. The van der Waals surface area contributed by atoms with Gasteiger partial charge < -0.3 is 0 Å². The van der Waals surface area contributed by atoms with Crippen LogP contribution in [0, 0.1) is 19.7 Å². The predicted molar refractivity (Wildman–Crippen MR) is 112 cm³/mol. The first-order valence-corrected chi connectivity index (χ1v) is 9.65. The Kier molecular flexibility index (Phi) is 4.92. The Bertz CT molecular complexity index is 1440. The second-order valence-corrected chi connectivity index (χ2v) is 7.57. The van der Waals surface area contributed by atoms with E-state index in [1.54, 1.807) is 21.4 Å². The quantitative estimate of drug-likeness (QED) is 0.483. The summed E-state index contributed by atoms with van der Waals surface area (Å²) in [4.78, 5) is 42.2. The molecule has 4 rings (SSSR count). The second-order valence-electron chi connectivity index (χ2n) is 7.57. The summed E-state index contributed by atoms with van der Waals surface area (Å²) >= 11 is 0. The maximum absolute atomic E-state index is 13.4. The smallest absolute Gasteiger partial charge is 0.298 e. The fourth-order valence-corrected chi connectivity index (χ4v) is 3.64. The van der Waals surface area contributed by atoms with Crippen LogP contribution in [-0.4, -0.2) is 34.2 Å². The highest BCUT2D eigenvalue weighted by Crippen LogP contribution is 2.19. The Labute approximate surface area is 176 Å². The Hall–Kier alpha value is -3.82. The van der Waals surface area contributed by atoms with Crippen LogP contribution in [0.1, 0.15) is 23.9 Å². The zero-order chi connectivity index (χ0) is 22.4. The van der Waals surface area contributed by atoms with E-state index < -0.39 is 11.2 Å². The van der Waals surface area contributed by atoms with Crippen molar-refractivity contribution >= 4 is 16.9 Å². The maximum Gasteiger partial charge on any atom is 0.332 e. The summed E-state index contributed by atoms with van der Waals surface area (Å²) in [6.07, 6.45) is 0. The normalized spacial score (nSPS) is 11.4. The number of aromatic nitrogens is 6. The van der Waals surface area contributed by atoms with Gasteiger partial charge in [-0.05, 0) is 44.5 Å². The van der Waals surface area contributed by atoms with E-state index in [0.717, 1.165) is 21.5 Å². The van der Waals surface area contributed by atoms with E-state index in [0.29, 0.717) is 5.95 Å². The van der Waals surface area contributed by atoms with E-state index in [9.17, 15) is 18.8 Å². The lowest BCUT2D eigenvalue weighted by atomic mass is 10.2. The molecule has 0 saturated carbocycles. The van der Waals surface area contributed by atoms with Gasteiger partial charge in [0, 0.05) is 12.7 Å². The Balaban J connectivity index is 2.07. The Morgan fingerprint density at radius 3 is 2.35 bits per heavy atom. The van der Waals surface area contributed by atoms with Gasteiger partial charge in [-0.3, -0.25) is 23.3 Å². The monoisotopic (exact) mass is 424 g/mol. The minimum absolute atomic E-state index is 0.162. The summed E-state index contributed by atoms with van der Waals surface area (Å²) in [5, 5.41) is 4.47. The third-order valence-electron chi connectivity index (χ3n) is 5.05. The Morgan fingerprint density at radius 1 is 1.10 bits per heavy atom. The molecule has 0 N–H and O–H groups in total. The molecule has 0 amide bonds. The van der Waals surface area contributed by atoms with Crippen LogP contribution in [-0.2, 0) is 24.9 Å². The van der Waals surface area contributed by atoms with Crippen LogP contribution in [0.5, 0.6) is 0 Å². The van der Waals surface area contributed by atoms with Crippen molar-refractivity contribution in [2.24, 2.45) is 7.05 Å². The lowest BCUT2D eigenvalue weighted by Gasteiger charge is -2.11. The molecule has 31 heavy (non-hydrogen) atoms. The van der Waals surface area contributed by atoms with Crippen molar-refractivity contribution < 1.29 is 9.18 Å². The first-order chi connectivity index (χ1) is 14.7. The largest absolute Gasteiger partial charge is 0.332 e. The zero-order valence-corrected chi connectivity index (χ0v) is 17.6. The van der Waals surface area contributed by atoms with Crippen molar-refractivity contribution in [3.63, 3.8) is 0 Å². The standard InChI is InChI=1S/C21H21FN6O3/c1-12-9-13(2)28(24-12)20-23-18-17(26(20)11-15-5-7-16(22)8-6-15)19(30)27(10-14(3)29)21(31)25(18)4/h5-9H,10-11H2,1-4H3. The molecule has 0 aliphatic rings. The lowest BCUT2D eigenvalue weighted by molar-refractivity contribution is -0.117. The van der Waals surface area contributed by atoms with Crippen molar-refractivity contribution in [2.75, 3.05) is 0 Å². The number of hydrogen-bond donors (Lipinski definition) is 0. The molecule has 4 aromatic rings. The molecule has 0 fully saturated rings. The molecule has 9 nitrogen and oxygen atoms in total. The number of imidazole rings is 1. The van der Waals surface area contributed by atoms with E-state index >= 15 is 0 Å². The molecule has 1 aromatic carbocycles. The van der Waals surface area contributed by atoms with Crippen molar-refractivity contribution in [3.05, 3.63) is 73.9 Å². The van der Waals surface area contributed by atoms with Crippen LogP contribution in [0.25, 0.3) is 17.1 Å². The van der Waals surface area contributed by atoms with Gasteiger partial charge >= 0.3 is 5.69 Å². The van der Waals surface area contributed by atoms with E-state index in [1.165, 1.54) is 30.7 Å². The topological polar surface area (TPSA) is 96.7 Å². The summed E-state index contributed by atoms with van der Waals surface area (Å²) in [6, 6.07) is 7.77. The molecule has 3 aromatic heterocycles. The molecule has 0 bridgehead atoms. The molecular formula is C21H21FN6O3. The summed E-state index contributed by atoms with van der Waals surface area (Å²) in [6.45, 7) is 4.87. The van der Waals surface area contributed by atoms with Gasteiger partial charge in [-0.25, -0.2) is 13.9 Å². The highest BCUT2D eigenvalue weighted by atomic mass is 19.1. The first kappa shape index (κ1) is 20.5. The van der Waals surface area contributed by atoms with Gasteiger partial charge in [0.15, 0.2) is 11.2 Å². The highest BCUT2D eigenvalue weighted by Gasteiger charge is 2.23. The number of aryl methyl sites for hydroxylation is 3. The van der Waals surface area contributed by atoms with Gasteiger partial charge in [-0.2, -0.15) is 10.1 Å². The molecule has 0 aliphatic heterocycles. The van der Waals surface area contributed by atoms with E-state index in [2.05, 4.69) is 10.1 Å². The van der Waals surface area contributed by atoms with Crippen LogP contribution in [0.3, 0.4) is 0 Å². The minimum atomic E-state index is -0.626. The van der Waals surface area contributed by atoms with Gasteiger partial charge in [0.05, 0.1) is 18.8 Å². The van der Waals surface area contributed by atoms with Crippen molar-refractivity contribution in [2.45, 2.75) is 33.9 Å². The second kappa shape index (κ2) is 7.46. The van der Waals surface area contributed by atoms with Crippen molar-refractivity contribution in [3.8, 4) is 5.95 Å². The number of carbonyl (C=O) groups is 1. The number of hydrogen-bond acceptors (Lipinski definition) is 5. The van der Waals surface area contributed by atoms with E-state index in [1.807, 2.05) is 19.9 Å². The SMILES string of the molecule is CC(=O)Cn1c(=O)c2c(nc(-n3nc(C)cc3C)n2Cc2ccc(F)cc2)n(C)c1=O. The van der Waals surface area contributed by atoms with Gasteiger partial charge in [-0.1, -0.05) is 12.1 Å². The number of fused-ring (bicyclic) bond motifs is 1. The molecule has 0 spiro atoms. The predicted octanol–water partition coefficient (Wildman–Crippen LogP) is 1.48. The summed E-state index contributed by atoms with van der Waals surface area (Å²) in [7, 11) is 1.50. The number of ketones is 1. The molecule has 0 atom stereocenters. The summed E-state index contributed by atoms with van der Waals surface area (Å²) in [5.41, 5.74) is 1.39. The number of nitrogens with zero attached hydrogens (tertiary/aromatic N) is 6. The van der Waals surface area contributed by atoms with Crippen LogP contribution in [0.2, 0.25) is 0 Å². The van der Waals surface area contributed by atoms with Gasteiger partial charge in [0.2, 0.25) is 5.95 Å². The molecular weight excluding hydrogens is 403 g/mol. The van der Waals surface area contributed by atoms with Crippen molar-refractivity contribution in [1.29, 1.82) is 0 Å². The van der Waals surface area contributed by atoms with Gasteiger partial charge in [-0.15, -0.1) is 0 Å². The average molecular weight is 424 g/mol. The summed E-state index contributed by atoms with van der Waals surface area (Å²) < 4.78 is 18.8. The molecule has 160 valence electrons. The van der Waals surface area contributed by atoms with Gasteiger partial charge in [0.1, 0.15) is 11.6 Å².